The minimum atomic E-state index is -3.55. The predicted molar refractivity (Wildman–Crippen MR) is 123 cm³/mol. The molecule has 3 N–H and O–H groups in total. The molecule has 2 aromatic carbocycles. The number of hydrogen-bond donors (Lipinski definition) is 3. The molecule has 0 aliphatic carbocycles. The summed E-state index contributed by atoms with van der Waals surface area (Å²) in [4.78, 5) is 31.8. The minimum Gasteiger partial charge on any atom is -0.473 e. The van der Waals surface area contributed by atoms with Crippen molar-refractivity contribution >= 4 is 33.6 Å². The van der Waals surface area contributed by atoms with Gasteiger partial charge >= 0.3 is 11.9 Å². The van der Waals surface area contributed by atoms with Crippen molar-refractivity contribution < 1.29 is 42.5 Å². The van der Waals surface area contributed by atoms with Gasteiger partial charge in [0.25, 0.3) is 0 Å². The van der Waals surface area contributed by atoms with Gasteiger partial charge in [-0.2, -0.15) is 4.31 Å². The van der Waals surface area contributed by atoms with Crippen molar-refractivity contribution in [3.63, 3.8) is 0 Å². The van der Waals surface area contributed by atoms with Crippen LogP contribution in [0.25, 0.3) is 0 Å². The highest BCUT2D eigenvalue weighted by Gasteiger charge is 2.28. The lowest BCUT2D eigenvalue weighted by atomic mass is 10.2. The predicted octanol–water partition coefficient (Wildman–Crippen LogP) is 1.04. The van der Waals surface area contributed by atoms with Crippen molar-refractivity contribution in [2.24, 2.45) is 0 Å². The summed E-state index contributed by atoms with van der Waals surface area (Å²) in [6.07, 6.45) is 0. The van der Waals surface area contributed by atoms with E-state index in [1.165, 1.54) is 23.4 Å². The number of hydrogen-bond acceptors (Lipinski definition) is 8. The number of rotatable bonds is 5. The summed E-state index contributed by atoms with van der Waals surface area (Å²) >= 11 is 0. The van der Waals surface area contributed by atoms with Gasteiger partial charge in [-0.1, -0.05) is 6.07 Å². The second-order valence-electron chi connectivity index (χ2n) is 7.68. The molecular formula is C22H25N3O9S. The second kappa shape index (κ2) is 11.2. The van der Waals surface area contributed by atoms with Gasteiger partial charge in [-0.05, 0) is 42.0 Å². The Morgan fingerprint density at radius 3 is 2.09 bits per heavy atom. The number of nitrogens with zero attached hydrogens (tertiary/aromatic N) is 2. The fourth-order valence-corrected chi connectivity index (χ4v) is 4.91. The monoisotopic (exact) mass is 507 g/mol. The van der Waals surface area contributed by atoms with Crippen LogP contribution in [-0.4, -0.2) is 78.7 Å². The fraction of sp³-hybridized carbons (Fsp3) is 0.318. The molecule has 2 aliphatic heterocycles. The number of carboxylic acid groups (broad SMARTS) is 2. The number of aliphatic carboxylic acids is 2. The molecule has 2 aliphatic rings. The Bertz CT molecular complexity index is 1180. The van der Waals surface area contributed by atoms with E-state index in [4.69, 9.17) is 29.3 Å². The smallest absolute Gasteiger partial charge is 0.414 e. The Hall–Kier alpha value is -3.68. The molecule has 1 fully saturated rings. The zero-order valence-corrected chi connectivity index (χ0v) is 19.7. The maximum absolute atomic E-state index is 12.9. The first-order chi connectivity index (χ1) is 16.6. The standard InChI is InChI=1S/C20H23N3O5S.C2H2O4/c1-15(24)21-17-3-5-18(6-4-17)29(25,26)23-10-8-22(9-11-23)13-16-2-7-19-20(12-16)28-14-27-19;3-1(4)2(5)6/h2-7,12H,8-11,13-14H2,1H3,(H,21,24);(H,3,4)(H,5,6). The van der Waals surface area contributed by atoms with Crippen LogP contribution in [-0.2, 0) is 31.0 Å². The number of carbonyl (C=O) groups excluding carboxylic acids is 1. The molecule has 0 bridgehead atoms. The molecule has 0 atom stereocenters. The van der Waals surface area contributed by atoms with E-state index in [0.717, 1.165) is 23.6 Å². The van der Waals surface area contributed by atoms with E-state index in [2.05, 4.69) is 10.2 Å². The summed E-state index contributed by atoms with van der Waals surface area (Å²) in [7, 11) is -3.55. The average Bonchev–Trinajstić information content (AvgIpc) is 3.28. The molecule has 0 spiro atoms. The van der Waals surface area contributed by atoms with Crippen LogP contribution in [0.4, 0.5) is 5.69 Å². The number of benzene rings is 2. The number of anilines is 1. The van der Waals surface area contributed by atoms with Gasteiger partial charge in [-0.15, -0.1) is 0 Å². The summed E-state index contributed by atoms with van der Waals surface area (Å²) in [5.74, 6) is -2.33. The van der Waals surface area contributed by atoms with Gasteiger partial charge in [-0.25, -0.2) is 18.0 Å². The lowest BCUT2D eigenvalue weighted by molar-refractivity contribution is -0.159. The first-order valence-electron chi connectivity index (χ1n) is 10.5. The molecule has 4 rings (SSSR count). The summed E-state index contributed by atoms with van der Waals surface area (Å²) in [6, 6.07) is 12.1. The summed E-state index contributed by atoms with van der Waals surface area (Å²) in [6.45, 7) is 4.56. The quantitative estimate of drug-likeness (QED) is 0.498. The van der Waals surface area contributed by atoms with E-state index in [1.807, 2.05) is 18.2 Å². The third-order valence-electron chi connectivity index (χ3n) is 5.17. The van der Waals surface area contributed by atoms with Crippen molar-refractivity contribution in [3.05, 3.63) is 48.0 Å². The topological polar surface area (TPSA) is 163 Å². The molecule has 1 saturated heterocycles. The van der Waals surface area contributed by atoms with E-state index in [9.17, 15) is 13.2 Å². The molecule has 188 valence electrons. The lowest BCUT2D eigenvalue weighted by Crippen LogP contribution is -2.48. The van der Waals surface area contributed by atoms with Gasteiger partial charge in [0.1, 0.15) is 0 Å². The average molecular weight is 508 g/mol. The zero-order valence-electron chi connectivity index (χ0n) is 18.8. The number of nitrogens with one attached hydrogen (secondary N) is 1. The van der Waals surface area contributed by atoms with Gasteiger partial charge in [0.2, 0.25) is 22.7 Å². The third-order valence-corrected chi connectivity index (χ3v) is 7.08. The molecule has 1 amide bonds. The highest BCUT2D eigenvalue weighted by atomic mass is 32.2. The van der Waals surface area contributed by atoms with Crippen LogP contribution in [0.2, 0.25) is 0 Å². The van der Waals surface area contributed by atoms with Gasteiger partial charge in [0.05, 0.1) is 4.90 Å². The molecule has 12 nitrogen and oxygen atoms in total. The van der Waals surface area contributed by atoms with E-state index in [0.29, 0.717) is 31.9 Å². The van der Waals surface area contributed by atoms with Crippen molar-refractivity contribution in [2.75, 3.05) is 38.3 Å². The van der Waals surface area contributed by atoms with E-state index in [1.54, 1.807) is 12.1 Å². The Morgan fingerprint density at radius 2 is 1.51 bits per heavy atom. The van der Waals surface area contributed by atoms with Crippen LogP contribution < -0.4 is 14.8 Å². The summed E-state index contributed by atoms with van der Waals surface area (Å²) < 4.78 is 38.1. The van der Waals surface area contributed by atoms with Crippen LogP contribution in [0.1, 0.15) is 12.5 Å². The second-order valence-corrected chi connectivity index (χ2v) is 9.62. The van der Waals surface area contributed by atoms with Gasteiger partial charge < -0.3 is 25.0 Å². The van der Waals surface area contributed by atoms with Crippen LogP contribution in [0.5, 0.6) is 11.5 Å². The van der Waals surface area contributed by atoms with Crippen molar-refractivity contribution in [1.29, 1.82) is 0 Å². The largest absolute Gasteiger partial charge is 0.473 e. The third kappa shape index (κ3) is 6.91. The van der Waals surface area contributed by atoms with Crippen molar-refractivity contribution in [2.45, 2.75) is 18.4 Å². The van der Waals surface area contributed by atoms with Crippen molar-refractivity contribution in [1.82, 2.24) is 9.21 Å². The molecule has 0 saturated carbocycles. The van der Waals surface area contributed by atoms with E-state index in [-0.39, 0.29) is 17.6 Å². The first kappa shape index (κ1) is 25.9. The normalized spacial score (nSPS) is 15.6. The molecule has 13 heteroatoms. The molecule has 0 radical (unpaired) electrons. The van der Waals surface area contributed by atoms with Crippen molar-refractivity contribution in [3.8, 4) is 11.5 Å². The highest BCUT2D eigenvalue weighted by molar-refractivity contribution is 7.89. The van der Waals surface area contributed by atoms with Gasteiger partial charge in [0, 0.05) is 45.3 Å². The molecular weight excluding hydrogens is 482 g/mol. The highest BCUT2D eigenvalue weighted by Crippen LogP contribution is 2.33. The molecule has 35 heavy (non-hydrogen) atoms. The number of amides is 1. The number of fused-ring (bicyclic) bond motifs is 1. The van der Waals surface area contributed by atoms with E-state index >= 15 is 0 Å². The molecule has 2 heterocycles. The van der Waals surface area contributed by atoms with Gasteiger partial charge in [0.15, 0.2) is 11.5 Å². The minimum absolute atomic E-state index is 0.195. The Labute approximate surface area is 201 Å². The molecule has 2 aromatic rings. The van der Waals surface area contributed by atoms with Gasteiger partial charge in [-0.3, -0.25) is 9.69 Å². The SMILES string of the molecule is CC(=O)Nc1ccc(S(=O)(=O)N2CCN(Cc3ccc4c(c3)OCO4)CC2)cc1.O=C(O)C(=O)O. The maximum Gasteiger partial charge on any atom is 0.414 e. The number of sulfonamides is 1. The Balaban J connectivity index is 0.000000509. The van der Waals surface area contributed by atoms with Crippen LogP contribution >= 0.6 is 0 Å². The Kier molecular flexibility index (Phi) is 8.27. The Morgan fingerprint density at radius 1 is 0.914 bits per heavy atom. The van der Waals surface area contributed by atoms with Crippen LogP contribution in [0, 0.1) is 0 Å². The van der Waals surface area contributed by atoms with E-state index < -0.39 is 22.0 Å². The fourth-order valence-electron chi connectivity index (χ4n) is 3.49. The number of ether oxygens (including phenoxy) is 2. The number of carboxylic acids is 2. The maximum atomic E-state index is 12.9. The van der Waals surface area contributed by atoms with Crippen LogP contribution in [0.3, 0.4) is 0 Å². The zero-order chi connectivity index (χ0) is 25.6. The first-order valence-corrected chi connectivity index (χ1v) is 11.9. The molecule has 0 unspecified atom stereocenters. The summed E-state index contributed by atoms with van der Waals surface area (Å²) in [5, 5.41) is 17.4. The molecule has 0 aromatic heterocycles. The summed E-state index contributed by atoms with van der Waals surface area (Å²) in [5.41, 5.74) is 1.68. The number of carbonyl (C=O) groups is 3. The lowest BCUT2D eigenvalue weighted by Gasteiger charge is -2.34. The number of piperazine rings is 1. The van der Waals surface area contributed by atoms with Crippen LogP contribution in [0.15, 0.2) is 47.4 Å².